The third kappa shape index (κ3) is 3.68. The van der Waals surface area contributed by atoms with Gasteiger partial charge in [-0.1, -0.05) is 6.07 Å². The highest BCUT2D eigenvalue weighted by Crippen LogP contribution is 2.35. The maximum absolute atomic E-state index is 13.5. The minimum atomic E-state index is -0.215. The van der Waals surface area contributed by atoms with Gasteiger partial charge in [0.05, 0.1) is 44.5 Å². The molecule has 0 spiro atoms. The van der Waals surface area contributed by atoms with Crippen molar-refractivity contribution in [3.8, 4) is 11.1 Å². The van der Waals surface area contributed by atoms with E-state index >= 15 is 0 Å². The van der Waals surface area contributed by atoms with Gasteiger partial charge in [0.25, 0.3) is 0 Å². The van der Waals surface area contributed by atoms with E-state index in [0.29, 0.717) is 12.1 Å². The van der Waals surface area contributed by atoms with Crippen LogP contribution in [-0.2, 0) is 6.42 Å². The molecule has 2 unspecified atom stereocenters. The summed E-state index contributed by atoms with van der Waals surface area (Å²) in [5, 5.41) is 4.69. The molecule has 0 radical (unpaired) electrons. The highest BCUT2D eigenvalue weighted by atomic mass is 19.1. The quantitative estimate of drug-likeness (QED) is 0.600. The first-order valence-corrected chi connectivity index (χ1v) is 10.9. The second kappa shape index (κ2) is 7.33. The number of piperazine rings is 1. The fourth-order valence-corrected chi connectivity index (χ4v) is 5.48. The highest BCUT2D eigenvalue weighted by Gasteiger charge is 2.33. The zero-order chi connectivity index (χ0) is 20.9. The predicted molar refractivity (Wildman–Crippen MR) is 122 cm³/mol. The van der Waals surface area contributed by atoms with Crippen molar-refractivity contribution in [2.75, 3.05) is 26.7 Å². The molecule has 2 aliphatic heterocycles. The molecule has 5 rings (SSSR count). The fraction of sp³-hybridized carbons (Fsp3) is 0.400. The molecule has 1 saturated heterocycles. The standard InChI is InChI=1S/C25H30FN4/c1-16-14-30(3,15-17(2)28-16)9-8-21-11-19-10-18(4-7-24(19)29-21)23-13-27-25-12-20(26)5-6-22(23)25/h4-7,10,12-13,16-17,27-28H,8-9,11,14-15H2,1-3H3/q+1. The lowest BCUT2D eigenvalue weighted by atomic mass is 9.99. The van der Waals surface area contributed by atoms with Gasteiger partial charge < -0.3 is 14.8 Å². The number of hydrogen-bond donors (Lipinski definition) is 2. The van der Waals surface area contributed by atoms with Crippen molar-refractivity contribution in [1.29, 1.82) is 0 Å². The molecule has 4 nitrogen and oxygen atoms in total. The molecule has 0 aliphatic carbocycles. The Morgan fingerprint density at radius 2 is 1.90 bits per heavy atom. The minimum Gasteiger partial charge on any atom is -0.360 e. The van der Waals surface area contributed by atoms with E-state index in [1.807, 2.05) is 12.3 Å². The van der Waals surface area contributed by atoms with Gasteiger partial charge in [-0.25, -0.2) is 4.39 Å². The first-order chi connectivity index (χ1) is 14.4. The van der Waals surface area contributed by atoms with E-state index in [0.717, 1.165) is 51.6 Å². The van der Waals surface area contributed by atoms with Crippen LogP contribution in [0.5, 0.6) is 0 Å². The van der Waals surface area contributed by atoms with Gasteiger partial charge in [-0.2, -0.15) is 0 Å². The van der Waals surface area contributed by atoms with Crippen LogP contribution in [0.2, 0.25) is 0 Å². The summed E-state index contributed by atoms with van der Waals surface area (Å²) in [6.45, 7) is 8.07. The zero-order valence-electron chi connectivity index (χ0n) is 18.0. The van der Waals surface area contributed by atoms with E-state index in [4.69, 9.17) is 4.99 Å². The summed E-state index contributed by atoms with van der Waals surface area (Å²) in [4.78, 5) is 8.13. The molecule has 3 heterocycles. The summed E-state index contributed by atoms with van der Waals surface area (Å²) in [7, 11) is 2.38. The van der Waals surface area contributed by atoms with Crippen LogP contribution in [0.4, 0.5) is 10.1 Å². The Labute approximate surface area is 177 Å². The average Bonchev–Trinajstić information content (AvgIpc) is 3.27. The Kier molecular flexibility index (Phi) is 4.75. The first kappa shape index (κ1) is 19.5. The molecule has 2 aromatic carbocycles. The number of H-pyrrole nitrogens is 1. The Morgan fingerprint density at radius 1 is 1.10 bits per heavy atom. The lowest BCUT2D eigenvalue weighted by Gasteiger charge is -2.44. The van der Waals surface area contributed by atoms with Crippen LogP contribution >= 0.6 is 0 Å². The Balaban J connectivity index is 1.31. The zero-order valence-corrected chi connectivity index (χ0v) is 18.0. The van der Waals surface area contributed by atoms with Crippen LogP contribution in [0, 0.1) is 5.82 Å². The summed E-state index contributed by atoms with van der Waals surface area (Å²) in [6, 6.07) is 12.6. The third-order valence-corrected chi connectivity index (χ3v) is 6.65. The molecule has 0 amide bonds. The van der Waals surface area contributed by atoms with Gasteiger partial charge in [-0.05, 0) is 55.3 Å². The minimum absolute atomic E-state index is 0.215. The summed E-state index contributed by atoms with van der Waals surface area (Å²) >= 11 is 0. The molecule has 30 heavy (non-hydrogen) atoms. The van der Waals surface area contributed by atoms with Crippen molar-refractivity contribution in [3.05, 3.63) is 54.0 Å². The molecule has 2 atom stereocenters. The molecule has 1 aromatic heterocycles. The van der Waals surface area contributed by atoms with E-state index < -0.39 is 0 Å². The number of aromatic nitrogens is 1. The van der Waals surface area contributed by atoms with Gasteiger partial charge >= 0.3 is 0 Å². The van der Waals surface area contributed by atoms with Crippen molar-refractivity contribution in [2.45, 2.75) is 38.8 Å². The van der Waals surface area contributed by atoms with Crippen LogP contribution in [0.3, 0.4) is 0 Å². The molecule has 156 valence electrons. The second-order valence-electron chi connectivity index (χ2n) is 9.52. The molecular weight excluding hydrogens is 375 g/mol. The smallest absolute Gasteiger partial charge is 0.125 e. The molecule has 1 fully saturated rings. The molecule has 2 aliphatic rings. The van der Waals surface area contributed by atoms with Crippen molar-refractivity contribution < 1.29 is 8.87 Å². The normalized spacial score (nSPS) is 26.1. The largest absolute Gasteiger partial charge is 0.360 e. The van der Waals surface area contributed by atoms with Gasteiger partial charge in [0, 0.05) is 41.2 Å². The predicted octanol–water partition coefficient (Wildman–Crippen LogP) is 4.82. The second-order valence-corrected chi connectivity index (χ2v) is 9.52. The van der Waals surface area contributed by atoms with E-state index in [1.54, 1.807) is 6.07 Å². The van der Waals surface area contributed by atoms with Gasteiger partial charge in [0.1, 0.15) is 5.82 Å². The van der Waals surface area contributed by atoms with Gasteiger partial charge in [0.2, 0.25) is 0 Å². The van der Waals surface area contributed by atoms with Crippen LogP contribution in [-0.4, -0.2) is 53.9 Å². The lowest BCUT2D eigenvalue weighted by molar-refractivity contribution is -0.915. The van der Waals surface area contributed by atoms with Gasteiger partial charge in [-0.15, -0.1) is 0 Å². The summed E-state index contributed by atoms with van der Waals surface area (Å²) in [6.07, 6.45) is 3.95. The Morgan fingerprint density at radius 3 is 2.70 bits per heavy atom. The van der Waals surface area contributed by atoms with E-state index in [9.17, 15) is 4.39 Å². The van der Waals surface area contributed by atoms with Crippen LogP contribution < -0.4 is 5.32 Å². The van der Waals surface area contributed by atoms with Crippen molar-refractivity contribution >= 4 is 22.3 Å². The number of rotatable bonds is 4. The number of nitrogens with zero attached hydrogens (tertiary/aromatic N) is 2. The number of halogens is 1. The van der Waals surface area contributed by atoms with Crippen molar-refractivity contribution in [2.24, 2.45) is 4.99 Å². The number of hydrogen-bond acceptors (Lipinski definition) is 2. The monoisotopic (exact) mass is 405 g/mol. The van der Waals surface area contributed by atoms with E-state index in [1.165, 1.54) is 30.4 Å². The maximum Gasteiger partial charge on any atom is 0.125 e. The third-order valence-electron chi connectivity index (χ3n) is 6.65. The van der Waals surface area contributed by atoms with Crippen LogP contribution in [0.25, 0.3) is 22.0 Å². The van der Waals surface area contributed by atoms with E-state index in [2.05, 4.69) is 49.4 Å². The van der Waals surface area contributed by atoms with Crippen LogP contribution in [0.15, 0.2) is 47.6 Å². The van der Waals surface area contributed by atoms with Gasteiger partial charge in [0.15, 0.2) is 0 Å². The summed E-state index contributed by atoms with van der Waals surface area (Å²) in [5.41, 5.74) is 6.79. The maximum atomic E-state index is 13.5. The Bertz CT molecular complexity index is 1120. The number of likely N-dealkylation sites (N-methyl/N-ethyl adjacent to an activating group) is 1. The molecule has 5 heteroatoms. The lowest BCUT2D eigenvalue weighted by Crippen LogP contribution is -2.63. The molecule has 3 aromatic rings. The topological polar surface area (TPSA) is 40.2 Å². The summed E-state index contributed by atoms with van der Waals surface area (Å²) in [5.74, 6) is -0.215. The SMILES string of the molecule is CC1C[N+](C)(CCC2=Nc3ccc(-c4c[nH]c5cc(F)ccc45)cc3C2)CC(C)N1. The molecular formula is C25H30FN4+. The highest BCUT2D eigenvalue weighted by molar-refractivity contribution is 5.98. The number of aliphatic imine (C=N–C) groups is 1. The Hall–Kier alpha value is -2.50. The van der Waals surface area contributed by atoms with E-state index in [-0.39, 0.29) is 5.82 Å². The van der Waals surface area contributed by atoms with Crippen molar-refractivity contribution in [1.82, 2.24) is 10.3 Å². The first-order valence-electron chi connectivity index (χ1n) is 10.9. The number of benzene rings is 2. The van der Waals surface area contributed by atoms with Crippen molar-refractivity contribution in [3.63, 3.8) is 0 Å². The summed E-state index contributed by atoms with van der Waals surface area (Å²) < 4.78 is 14.6. The number of quaternary nitrogens is 1. The average molecular weight is 406 g/mol. The van der Waals surface area contributed by atoms with Gasteiger partial charge in [-0.3, -0.25) is 4.99 Å². The van der Waals surface area contributed by atoms with Crippen LogP contribution in [0.1, 0.15) is 25.8 Å². The fourth-order valence-electron chi connectivity index (χ4n) is 5.48. The number of fused-ring (bicyclic) bond motifs is 2. The number of nitrogens with one attached hydrogen (secondary N) is 2. The molecule has 2 N–H and O–H groups in total. The number of aromatic amines is 1. The molecule has 0 saturated carbocycles. The molecule has 0 bridgehead atoms.